The van der Waals surface area contributed by atoms with Crippen molar-refractivity contribution in [1.29, 1.82) is 0 Å². The predicted octanol–water partition coefficient (Wildman–Crippen LogP) is 3.15. The summed E-state index contributed by atoms with van der Waals surface area (Å²) in [6, 6.07) is 7.62. The van der Waals surface area contributed by atoms with Crippen LogP contribution in [0.4, 0.5) is 5.69 Å². The van der Waals surface area contributed by atoms with Crippen molar-refractivity contribution >= 4 is 34.6 Å². The molecule has 2 aromatic rings. The van der Waals surface area contributed by atoms with E-state index >= 15 is 0 Å². The molecule has 0 spiro atoms. The molecule has 0 aliphatic heterocycles. The van der Waals surface area contributed by atoms with E-state index in [4.69, 9.17) is 33.0 Å². The number of thiocarbonyl (C=S) groups is 1. The van der Waals surface area contributed by atoms with E-state index in [0.29, 0.717) is 15.9 Å². The first-order chi connectivity index (χ1) is 12.3. The second-order valence-corrected chi connectivity index (χ2v) is 7.37. The van der Waals surface area contributed by atoms with Crippen molar-refractivity contribution in [3.8, 4) is 5.75 Å². The molecule has 0 bridgehead atoms. The second-order valence-electron chi connectivity index (χ2n) is 6.57. The van der Waals surface area contributed by atoms with E-state index in [2.05, 4.69) is 31.2 Å². The van der Waals surface area contributed by atoms with Crippen molar-refractivity contribution < 1.29 is 14.1 Å². The summed E-state index contributed by atoms with van der Waals surface area (Å²) in [4.78, 5) is 3.48. The van der Waals surface area contributed by atoms with Crippen molar-refractivity contribution in [2.45, 2.75) is 19.9 Å². The standard InChI is InChI=1S/C19H26ClN3O2S/c1-13-11-16(18(24-5)12-15(13)20)21-19(26)23(9-8-22(3)4)14(2)17-7-6-10-25-17/h6-7,10-12,14H,8-9H2,1-5H3,(H,21,26)/p+1. The first kappa shape index (κ1) is 20.6. The molecule has 0 aliphatic carbocycles. The highest BCUT2D eigenvalue weighted by molar-refractivity contribution is 7.80. The molecule has 0 radical (unpaired) electrons. The minimum atomic E-state index is 0.0174. The number of benzene rings is 1. The lowest BCUT2D eigenvalue weighted by Crippen LogP contribution is -3.06. The molecule has 0 amide bonds. The van der Waals surface area contributed by atoms with Gasteiger partial charge in [-0.3, -0.25) is 0 Å². The first-order valence-electron chi connectivity index (χ1n) is 8.57. The van der Waals surface area contributed by atoms with Crippen LogP contribution in [-0.2, 0) is 0 Å². The lowest BCUT2D eigenvalue weighted by Gasteiger charge is -2.31. The molecule has 142 valence electrons. The highest BCUT2D eigenvalue weighted by Gasteiger charge is 2.22. The van der Waals surface area contributed by atoms with Gasteiger partial charge >= 0.3 is 0 Å². The van der Waals surface area contributed by atoms with Gasteiger partial charge in [0.25, 0.3) is 0 Å². The molecule has 0 saturated heterocycles. The molecule has 2 rings (SSSR count). The minimum Gasteiger partial charge on any atom is -0.495 e. The second kappa shape index (κ2) is 9.26. The van der Waals surface area contributed by atoms with Crippen LogP contribution in [0.3, 0.4) is 0 Å². The highest BCUT2D eigenvalue weighted by Crippen LogP contribution is 2.32. The largest absolute Gasteiger partial charge is 0.495 e. The molecule has 0 aliphatic rings. The number of halogens is 1. The van der Waals surface area contributed by atoms with E-state index in [9.17, 15) is 0 Å². The zero-order valence-corrected chi connectivity index (χ0v) is 17.5. The summed E-state index contributed by atoms with van der Waals surface area (Å²) < 4.78 is 11.0. The van der Waals surface area contributed by atoms with Crippen molar-refractivity contribution in [1.82, 2.24) is 4.90 Å². The van der Waals surface area contributed by atoms with Gasteiger partial charge < -0.3 is 24.3 Å². The number of nitrogens with zero attached hydrogens (tertiary/aromatic N) is 1. The third-order valence-corrected chi connectivity index (χ3v) is 5.00. The molecular weight excluding hydrogens is 370 g/mol. The van der Waals surface area contributed by atoms with Gasteiger partial charge in [-0.15, -0.1) is 0 Å². The van der Waals surface area contributed by atoms with Gasteiger partial charge in [0, 0.05) is 11.1 Å². The molecule has 2 N–H and O–H groups in total. The van der Waals surface area contributed by atoms with Crippen LogP contribution >= 0.6 is 23.8 Å². The van der Waals surface area contributed by atoms with Crippen LogP contribution in [-0.4, -0.2) is 44.3 Å². The van der Waals surface area contributed by atoms with Gasteiger partial charge in [-0.05, 0) is 49.8 Å². The minimum absolute atomic E-state index is 0.0174. The number of hydrogen-bond donors (Lipinski definition) is 2. The van der Waals surface area contributed by atoms with Gasteiger partial charge in [-0.2, -0.15) is 0 Å². The quantitative estimate of drug-likeness (QED) is 0.704. The molecule has 7 heteroatoms. The Kier molecular flexibility index (Phi) is 7.32. The Bertz CT molecular complexity index is 735. The van der Waals surface area contributed by atoms with Crippen LogP contribution in [0.25, 0.3) is 0 Å². The maximum absolute atomic E-state index is 6.20. The van der Waals surface area contributed by atoms with Gasteiger partial charge in [0.15, 0.2) is 5.11 Å². The third-order valence-electron chi connectivity index (χ3n) is 4.26. The predicted molar refractivity (Wildman–Crippen MR) is 110 cm³/mol. The Morgan fingerprint density at radius 3 is 2.73 bits per heavy atom. The number of quaternary nitrogens is 1. The fourth-order valence-corrected chi connectivity index (χ4v) is 3.13. The average molecular weight is 397 g/mol. The topological polar surface area (TPSA) is 42.1 Å². The Balaban J connectivity index is 2.24. The summed E-state index contributed by atoms with van der Waals surface area (Å²) in [6.07, 6.45) is 1.68. The summed E-state index contributed by atoms with van der Waals surface area (Å²) in [5, 5.41) is 4.60. The molecule has 26 heavy (non-hydrogen) atoms. The monoisotopic (exact) mass is 396 g/mol. The van der Waals surface area contributed by atoms with Crippen LogP contribution in [0.2, 0.25) is 5.02 Å². The number of methoxy groups -OCH3 is 1. The maximum Gasteiger partial charge on any atom is 0.174 e. The molecular formula is C19H27ClN3O2S+. The summed E-state index contributed by atoms with van der Waals surface area (Å²) in [5.74, 6) is 1.54. The smallest absolute Gasteiger partial charge is 0.174 e. The van der Waals surface area contributed by atoms with Crippen LogP contribution in [0.5, 0.6) is 5.75 Å². The van der Waals surface area contributed by atoms with Crippen molar-refractivity contribution in [3.63, 3.8) is 0 Å². The number of ether oxygens (including phenoxy) is 1. The molecule has 0 saturated carbocycles. The number of furan rings is 1. The molecule has 1 aromatic heterocycles. The van der Waals surface area contributed by atoms with Crippen LogP contribution in [0.1, 0.15) is 24.3 Å². The lowest BCUT2D eigenvalue weighted by molar-refractivity contribution is -0.857. The fraction of sp³-hybridized carbons (Fsp3) is 0.421. The molecule has 0 fully saturated rings. The van der Waals surface area contributed by atoms with E-state index in [1.54, 1.807) is 19.4 Å². The maximum atomic E-state index is 6.20. The van der Waals surface area contributed by atoms with Gasteiger partial charge in [-0.1, -0.05) is 11.6 Å². The Morgan fingerprint density at radius 2 is 2.15 bits per heavy atom. The molecule has 5 nitrogen and oxygen atoms in total. The number of likely N-dealkylation sites (N-methyl/N-ethyl adjacent to an activating group) is 1. The summed E-state index contributed by atoms with van der Waals surface area (Å²) in [7, 11) is 5.86. The zero-order valence-electron chi connectivity index (χ0n) is 15.9. The summed E-state index contributed by atoms with van der Waals surface area (Å²) in [5.41, 5.74) is 1.76. The van der Waals surface area contributed by atoms with Crippen LogP contribution in [0.15, 0.2) is 34.9 Å². The van der Waals surface area contributed by atoms with Gasteiger partial charge in [-0.25, -0.2) is 0 Å². The normalized spacial score (nSPS) is 12.1. The molecule has 1 atom stereocenters. The number of aryl methyl sites for hydroxylation is 1. The number of anilines is 1. The van der Waals surface area contributed by atoms with Crippen molar-refractivity contribution in [2.75, 3.05) is 39.6 Å². The van der Waals surface area contributed by atoms with E-state index < -0.39 is 0 Å². The average Bonchev–Trinajstić information content (AvgIpc) is 3.12. The van der Waals surface area contributed by atoms with E-state index in [-0.39, 0.29) is 6.04 Å². The number of hydrogen-bond acceptors (Lipinski definition) is 3. The van der Waals surface area contributed by atoms with Gasteiger partial charge in [0.2, 0.25) is 0 Å². The number of nitrogens with one attached hydrogen (secondary N) is 2. The van der Waals surface area contributed by atoms with E-state index in [1.165, 1.54) is 4.90 Å². The van der Waals surface area contributed by atoms with Crippen molar-refractivity contribution in [3.05, 3.63) is 46.9 Å². The lowest BCUT2D eigenvalue weighted by atomic mass is 10.2. The van der Waals surface area contributed by atoms with E-state index in [0.717, 1.165) is 30.1 Å². The summed E-state index contributed by atoms with van der Waals surface area (Å²) >= 11 is 11.9. The first-order valence-corrected chi connectivity index (χ1v) is 9.36. The zero-order chi connectivity index (χ0) is 19.3. The summed E-state index contributed by atoms with van der Waals surface area (Å²) in [6.45, 7) is 5.78. The SMILES string of the molecule is COc1cc(Cl)c(C)cc1NC(=S)N(CC[NH+](C)C)C(C)c1ccco1. The van der Waals surface area contributed by atoms with Gasteiger partial charge in [0.05, 0.1) is 52.3 Å². The van der Waals surface area contributed by atoms with Crippen molar-refractivity contribution in [2.24, 2.45) is 0 Å². The molecule has 1 unspecified atom stereocenters. The Labute approximate surface area is 165 Å². The molecule has 1 heterocycles. The van der Waals surface area contributed by atoms with Crippen LogP contribution < -0.4 is 15.0 Å². The number of rotatable bonds is 7. The Hall–Kier alpha value is -1.76. The highest BCUT2D eigenvalue weighted by atomic mass is 35.5. The van der Waals surface area contributed by atoms with Gasteiger partial charge in [0.1, 0.15) is 11.5 Å². The third kappa shape index (κ3) is 5.13. The van der Waals surface area contributed by atoms with Crippen LogP contribution in [0, 0.1) is 6.92 Å². The molecule has 1 aromatic carbocycles. The Morgan fingerprint density at radius 1 is 1.42 bits per heavy atom. The fourth-order valence-electron chi connectivity index (χ4n) is 2.61. The van der Waals surface area contributed by atoms with E-state index in [1.807, 2.05) is 25.1 Å².